The molecule has 0 unspecified atom stereocenters. The number of carbonyl (C=O) groups is 1. The minimum Gasteiger partial charge on any atom is -0.319 e. The van der Waals surface area contributed by atoms with E-state index in [1.807, 2.05) is 0 Å². The number of aromatic nitrogens is 3. The Hall–Kier alpha value is -4.34. The van der Waals surface area contributed by atoms with E-state index in [4.69, 9.17) is 0 Å². The Kier molecular flexibility index (Phi) is 4.80. The normalized spacial score (nSPS) is 10.7. The number of hydrogen-bond donors (Lipinski definition) is 1. The highest BCUT2D eigenvalue weighted by Crippen LogP contribution is 2.25. The number of para-hydroxylation sites is 1. The van der Waals surface area contributed by atoms with Gasteiger partial charge < -0.3 is 9.88 Å². The Morgan fingerprint density at radius 1 is 1.03 bits per heavy atom. The molecule has 0 spiro atoms. The van der Waals surface area contributed by atoms with Gasteiger partial charge in [0.05, 0.1) is 16.8 Å². The summed E-state index contributed by atoms with van der Waals surface area (Å²) < 4.78 is 31.2. The number of rotatable bonds is 5. The van der Waals surface area contributed by atoms with Crippen molar-refractivity contribution in [3.63, 3.8) is 0 Å². The maximum Gasteiger partial charge on any atom is 0.271 e. The second-order valence-corrected chi connectivity index (χ2v) is 6.21. The molecule has 0 aliphatic heterocycles. The van der Waals surface area contributed by atoms with Crippen LogP contribution in [0.15, 0.2) is 73.2 Å². The van der Waals surface area contributed by atoms with E-state index in [2.05, 4.69) is 10.4 Å². The van der Waals surface area contributed by atoms with Gasteiger partial charge in [0.1, 0.15) is 22.9 Å². The third kappa shape index (κ3) is 3.41. The molecule has 2 aromatic heterocycles. The fourth-order valence-corrected chi connectivity index (χ4v) is 2.94. The van der Waals surface area contributed by atoms with Crippen molar-refractivity contribution in [2.45, 2.75) is 0 Å². The molecule has 2 aromatic carbocycles. The van der Waals surface area contributed by atoms with Crippen molar-refractivity contribution in [1.29, 1.82) is 0 Å². The predicted octanol–water partition coefficient (Wildman–Crippen LogP) is 4.10. The van der Waals surface area contributed by atoms with Gasteiger partial charge in [0.25, 0.3) is 11.6 Å². The van der Waals surface area contributed by atoms with Crippen molar-refractivity contribution in [3.8, 4) is 11.5 Å². The van der Waals surface area contributed by atoms with Gasteiger partial charge in [-0.1, -0.05) is 12.1 Å². The second kappa shape index (κ2) is 7.59. The van der Waals surface area contributed by atoms with Crippen LogP contribution in [-0.2, 0) is 0 Å². The predicted molar refractivity (Wildman–Crippen MR) is 104 cm³/mol. The quantitative estimate of drug-likeness (QED) is 0.397. The van der Waals surface area contributed by atoms with Gasteiger partial charge in [0, 0.05) is 24.5 Å². The van der Waals surface area contributed by atoms with Gasteiger partial charge in [-0.2, -0.15) is 5.10 Å². The molecule has 10 heteroatoms. The van der Waals surface area contributed by atoms with Crippen molar-refractivity contribution in [2.24, 2.45) is 0 Å². The second-order valence-electron chi connectivity index (χ2n) is 6.21. The molecule has 0 bridgehead atoms. The molecule has 2 heterocycles. The van der Waals surface area contributed by atoms with Crippen LogP contribution in [0.5, 0.6) is 0 Å². The molecular formula is C20H13F2N5O3. The Morgan fingerprint density at radius 3 is 2.47 bits per heavy atom. The third-order valence-corrected chi connectivity index (χ3v) is 4.33. The summed E-state index contributed by atoms with van der Waals surface area (Å²) in [6.07, 6.45) is 4.49. The lowest BCUT2D eigenvalue weighted by atomic mass is 10.2. The number of nitrogens with zero attached hydrogens (tertiary/aromatic N) is 4. The first kappa shape index (κ1) is 19.0. The summed E-state index contributed by atoms with van der Waals surface area (Å²) in [5.41, 5.74) is -0.604. The summed E-state index contributed by atoms with van der Waals surface area (Å²) in [5.74, 6) is -1.93. The van der Waals surface area contributed by atoms with Gasteiger partial charge in [0.15, 0.2) is 5.82 Å². The maximum atomic E-state index is 14.3. The van der Waals surface area contributed by atoms with E-state index < -0.39 is 22.5 Å². The van der Waals surface area contributed by atoms with Gasteiger partial charge in [-0.05, 0) is 30.3 Å². The lowest BCUT2D eigenvalue weighted by Crippen LogP contribution is -2.16. The number of nitrogens with one attached hydrogen (secondary N) is 1. The SMILES string of the molecule is O=C(Nc1cc([N+](=O)[O-])ccc1F)c1cnn(-c2ccccc2F)c1-n1cccc1. The number of benzene rings is 2. The van der Waals surface area contributed by atoms with Gasteiger partial charge in [-0.3, -0.25) is 14.9 Å². The zero-order chi connectivity index (χ0) is 21.3. The standard InChI is InChI=1S/C20H13F2N5O3/c21-15-8-7-13(27(29)30)11-17(15)24-19(28)14-12-23-26(18-6-2-1-5-16(18)22)20(14)25-9-3-4-10-25/h1-12H,(H,24,28). The van der Waals surface area contributed by atoms with E-state index >= 15 is 0 Å². The van der Waals surface area contributed by atoms with Crippen LogP contribution in [-0.4, -0.2) is 25.2 Å². The van der Waals surface area contributed by atoms with Crippen LogP contribution < -0.4 is 5.32 Å². The van der Waals surface area contributed by atoms with Gasteiger partial charge >= 0.3 is 0 Å². The molecule has 0 atom stereocenters. The molecule has 0 saturated carbocycles. The van der Waals surface area contributed by atoms with Crippen molar-refractivity contribution in [1.82, 2.24) is 14.3 Å². The number of halogens is 2. The molecule has 150 valence electrons. The summed E-state index contributed by atoms with van der Waals surface area (Å²) in [5, 5.41) is 17.4. The zero-order valence-electron chi connectivity index (χ0n) is 15.2. The first-order valence-electron chi connectivity index (χ1n) is 8.67. The van der Waals surface area contributed by atoms with E-state index in [0.29, 0.717) is 0 Å². The summed E-state index contributed by atoms with van der Waals surface area (Å²) in [4.78, 5) is 23.1. The van der Waals surface area contributed by atoms with Gasteiger partial charge in [-0.15, -0.1) is 0 Å². The van der Waals surface area contributed by atoms with E-state index in [1.54, 1.807) is 35.2 Å². The molecule has 0 aliphatic carbocycles. The minimum absolute atomic E-state index is 0.0142. The number of amides is 1. The topological polar surface area (TPSA) is 95.0 Å². The van der Waals surface area contributed by atoms with Crippen molar-refractivity contribution in [2.75, 3.05) is 5.32 Å². The molecule has 1 amide bonds. The van der Waals surface area contributed by atoms with Gasteiger partial charge in [0.2, 0.25) is 0 Å². The Morgan fingerprint density at radius 2 is 1.77 bits per heavy atom. The van der Waals surface area contributed by atoms with E-state index in [0.717, 1.165) is 18.2 Å². The molecule has 1 N–H and O–H groups in total. The number of anilines is 1. The fourth-order valence-electron chi connectivity index (χ4n) is 2.94. The average molecular weight is 409 g/mol. The number of hydrogen-bond acceptors (Lipinski definition) is 4. The number of nitro benzene ring substituents is 1. The van der Waals surface area contributed by atoms with E-state index in [-0.39, 0.29) is 28.4 Å². The molecule has 30 heavy (non-hydrogen) atoms. The monoisotopic (exact) mass is 409 g/mol. The summed E-state index contributed by atoms with van der Waals surface area (Å²) in [6.45, 7) is 0. The molecule has 4 rings (SSSR count). The molecule has 0 fully saturated rings. The first-order valence-corrected chi connectivity index (χ1v) is 8.67. The minimum atomic E-state index is -0.835. The summed E-state index contributed by atoms with van der Waals surface area (Å²) in [6, 6.07) is 12.1. The smallest absolute Gasteiger partial charge is 0.271 e. The molecule has 0 saturated heterocycles. The average Bonchev–Trinajstić information content (AvgIpc) is 3.39. The lowest BCUT2D eigenvalue weighted by Gasteiger charge is -2.12. The molecule has 4 aromatic rings. The van der Waals surface area contributed by atoms with Gasteiger partial charge in [-0.25, -0.2) is 13.5 Å². The van der Waals surface area contributed by atoms with Crippen LogP contribution >= 0.6 is 0 Å². The molecule has 0 aliphatic rings. The fraction of sp³-hybridized carbons (Fsp3) is 0. The Balaban J connectivity index is 1.79. The lowest BCUT2D eigenvalue weighted by molar-refractivity contribution is -0.384. The highest BCUT2D eigenvalue weighted by atomic mass is 19.1. The Labute approximate surface area is 168 Å². The van der Waals surface area contributed by atoms with Crippen LogP contribution in [0.2, 0.25) is 0 Å². The molecule has 0 radical (unpaired) electrons. The molecule has 8 nitrogen and oxygen atoms in total. The van der Waals surface area contributed by atoms with Crippen LogP contribution in [0.25, 0.3) is 11.5 Å². The molecular weight excluding hydrogens is 396 g/mol. The van der Waals surface area contributed by atoms with Crippen LogP contribution in [0.3, 0.4) is 0 Å². The van der Waals surface area contributed by atoms with E-state index in [9.17, 15) is 23.7 Å². The zero-order valence-corrected chi connectivity index (χ0v) is 15.2. The van der Waals surface area contributed by atoms with Crippen molar-refractivity contribution >= 4 is 17.3 Å². The largest absolute Gasteiger partial charge is 0.319 e. The van der Waals surface area contributed by atoms with Crippen LogP contribution in [0, 0.1) is 21.7 Å². The number of nitro groups is 1. The van der Waals surface area contributed by atoms with E-state index in [1.165, 1.54) is 29.1 Å². The summed E-state index contributed by atoms with van der Waals surface area (Å²) in [7, 11) is 0. The van der Waals surface area contributed by atoms with Crippen LogP contribution in [0.1, 0.15) is 10.4 Å². The maximum absolute atomic E-state index is 14.3. The summed E-state index contributed by atoms with van der Waals surface area (Å²) >= 11 is 0. The number of non-ortho nitro benzene ring substituents is 1. The van der Waals surface area contributed by atoms with Crippen LogP contribution in [0.4, 0.5) is 20.2 Å². The van der Waals surface area contributed by atoms with Crippen molar-refractivity contribution < 1.29 is 18.5 Å². The third-order valence-electron chi connectivity index (χ3n) is 4.33. The first-order chi connectivity index (χ1) is 14.5. The number of carbonyl (C=O) groups excluding carboxylic acids is 1. The Bertz CT molecular complexity index is 1250. The highest BCUT2D eigenvalue weighted by Gasteiger charge is 2.23. The highest BCUT2D eigenvalue weighted by molar-refractivity contribution is 6.06. The van der Waals surface area contributed by atoms with Crippen molar-refractivity contribution in [3.05, 3.63) is 101 Å².